The molecule has 2 nitrogen and oxygen atoms in total. The average Bonchev–Trinajstić information content (AvgIpc) is 1.85. The van der Waals surface area contributed by atoms with Crippen molar-refractivity contribution in [2.75, 3.05) is 7.11 Å². The van der Waals surface area contributed by atoms with Crippen molar-refractivity contribution < 1.29 is 4.84 Å². The Kier molecular flexibility index (Phi) is 4.88. The molecule has 0 heterocycles. The van der Waals surface area contributed by atoms with Crippen LogP contribution in [0.15, 0.2) is 17.8 Å². The zero-order valence-electron chi connectivity index (χ0n) is 6.05. The highest BCUT2D eigenvalue weighted by atomic mass is 16.6. The van der Waals surface area contributed by atoms with Gasteiger partial charge in [-0.3, -0.25) is 0 Å². The van der Waals surface area contributed by atoms with Crippen molar-refractivity contribution in [3.63, 3.8) is 0 Å². The van der Waals surface area contributed by atoms with Crippen LogP contribution in [0.4, 0.5) is 0 Å². The van der Waals surface area contributed by atoms with E-state index in [4.69, 9.17) is 0 Å². The maximum Gasteiger partial charge on any atom is 0.106 e. The van der Waals surface area contributed by atoms with Crippen molar-refractivity contribution in [3.8, 4) is 0 Å². The summed E-state index contributed by atoms with van der Waals surface area (Å²) >= 11 is 0. The van der Waals surface area contributed by atoms with E-state index in [-0.39, 0.29) is 0 Å². The van der Waals surface area contributed by atoms with E-state index >= 15 is 0 Å². The smallest absolute Gasteiger partial charge is 0.106 e. The second kappa shape index (κ2) is 5.35. The molecule has 0 aliphatic heterocycles. The van der Waals surface area contributed by atoms with Gasteiger partial charge in [0.1, 0.15) is 7.11 Å². The summed E-state index contributed by atoms with van der Waals surface area (Å²) in [5.41, 5.74) is 1.01. The zero-order valence-corrected chi connectivity index (χ0v) is 6.05. The number of rotatable bonds is 4. The predicted molar refractivity (Wildman–Crippen MR) is 39.5 cm³/mol. The van der Waals surface area contributed by atoms with Crippen molar-refractivity contribution in [1.29, 1.82) is 0 Å². The summed E-state index contributed by atoms with van der Waals surface area (Å²) in [6, 6.07) is 0. The van der Waals surface area contributed by atoms with Gasteiger partial charge in [-0.15, -0.1) is 6.58 Å². The maximum atomic E-state index is 4.55. The third-order valence-corrected chi connectivity index (χ3v) is 0.957. The Morgan fingerprint density at radius 2 is 2.44 bits per heavy atom. The predicted octanol–water partition coefficient (Wildman–Crippen LogP) is 1.97. The molecule has 0 atom stereocenters. The van der Waals surface area contributed by atoms with Crippen molar-refractivity contribution >= 4 is 5.71 Å². The molecule has 0 saturated heterocycles. The van der Waals surface area contributed by atoms with Crippen LogP contribution in [-0.2, 0) is 4.84 Å². The highest BCUT2D eigenvalue weighted by Crippen LogP contribution is 1.92. The first-order valence-corrected chi connectivity index (χ1v) is 2.98. The van der Waals surface area contributed by atoms with Crippen LogP contribution >= 0.6 is 0 Å². The molecule has 0 rings (SSSR count). The topological polar surface area (TPSA) is 21.6 Å². The van der Waals surface area contributed by atoms with Gasteiger partial charge in [-0.25, -0.2) is 0 Å². The molecular formula is C7H13NO. The standard InChI is InChI=1S/C7H13NO/c1-4-5-6-7(2)8-9-3/h4H,1,5-6H2,2-3H3/b8-7+. The van der Waals surface area contributed by atoms with Crippen LogP contribution in [0.1, 0.15) is 19.8 Å². The van der Waals surface area contributed by atoms with E-state index in [9.17, 15) is 0 Å². The molecule has 0 aliphatic rings. The molecular weight excluding hydrogens is 114 g/mol. The summed E-state index contributed by atoms with van der Waals surface area (Å²) in [5, 5.41) is 3.73. The normalized spacial score (nSPS) is 11.1. The van der Waals surface area contributed by atoms with Crippen LogP contribution in [0.2, 0.25) is 0 Å². The van der Waals surface area contributed by atoms with E-state index in [1.165, 1.54) is 0 Å². The summed E-state index contributed by atoms with van der Waals surface area (Å²) < 4.78 is 0. The lowest BCUT2D eigenvalue weighted by Gasteiger charge is -1.93. The molecule has 52 valence electrons. The molecule has 0 fully saturated rings. The quantitative estimate of drug-likeness (QED) is 0.321. The first-order valence-electron chi connectivity index (χ1n) is 2.98. The van der Waals surface area contributed by atoms with Crippen LogP contribution in [0.3, 0.4) is 0 Å². The highest BCUT2D eigenvalue weighted by Gasteiger charge is 1.86. The third-order valence-electron chi connectivity index (χ3n) is 0.957. The third kappa shape index (κ3) is 5.07. The molecule has 0 amide bonds. The molecule has 0 saturated carbocycles. The second-order valence-electron chi connectivity index (χ2n) is 1.84. The SMILES string of the molecule is C=CCC/C(C)=N/OC. The fourth-order valence-corrected chi connectivity index (χ4v) is 0.512. The van der Waals surface area contributed by atoms with E-state index < -0.39 is 0 Å². The van der Waals surface area contributed by atoms with Crippen molar-refractivity contribution in [1.82, 2.24) is 0 Å². The molecule has 0 aromatic heterocycles. The zero-order chi connectivity index (χ0) is 7.11. The molecule has 0 N–H and O–H groups in total. The van der Waals surface area contributed by atoms with Crippen LogP contribution in [0.25, 0.3) is 0 Å². The Morgan fingerprint density at radius 3 is 2.89 bits per heavy atom. The number of hydrogen-bond donors (Lipinski definition) is 0. The van der Waals surface area contributed by atoms with Crippen molar-refractivity contribution in [2.24, 2.45) is 5.16 Å². The van der Waals surface area contributed by atoms with E-state index in [0.29, 0.717) is 0 Å². The minimum atomic E-state index is 0.942. The number of nitrogens with zero attached hydrogens (tertiary/aromatic N) is 1. The van der Waals surface area contributed by atoms with Gasteiger partial charge in [0.2, 0.25) is 0 Å². The monoisotopic (exact) mass is 127 g/mol. The van der Waals surface area contributed by atoms with E-state index in [0.717, 1.165) is 18.6 Å². The molecule has 2 heteroatoms. The molecule has 0 aliphatic carbocycles. The van der Waals surface area contributed by atoms with E-state index in [1.807, 2.05) is 13.0 Å². The van der Waals surface area contributed by atoms with E-state index in [2.05, 4.69) is 16.6 Å². The van der Waals surface area contributed by atoms with Crippen LogP contribution < -0.4 is 0 Å². The van der Waals surface area contributed by atoms with Gasteiger partial charge in [-0.2, -0.15) is 0 Å². The first kappa shape index (κ1) is 8.21. The Hall–Kier alpha value is -0.790. The van der Waals surface area contributed by atoms with Gasteiger partial charge >= 0.3 is 0 Å². The molecule has 0 aromatic rings. The van der Waals surface area contributed by atoms with Gasteiger partial charge in [0.05, 0.1) is 5.71 Å². The Labute approximate surface area is 56.2 Å². The number of allylic oxidation sites excluding steroid dienone is 1. The molecule has 0 unspecified atom stereocenters. The maximum absolute atomic E-state index is 4.55. The van der Waals surface area contributed by atoms with Crippen LogP contribution in [0, 0.1) is 0 Å². The summed E-state index contributed by atoms with van der Waals surface area (Å²) in [6.07, 6.45) is 3.78. The van der Waals surface area contributed by atoms with Crippen molar-refractivity contribution in [3.05, 3.63) is 12.7 Å². The number of hydrogen-bond acceptors (Lipinski definition) is 2. The summed E-state index contributed by atoms with van der Waals surface area (Å²) in [6.45, 7) is 5.53. The molecule has 0 aromatic carbocycles. The molecule has 9 heavy (non-hydrogen) atoms. The lowest BCUT2D eigenvalue weighted by Crippen LogP contribution is -1.89. The van der Waals surface area contributed by atoms with Crippen LogP contribution in [0.5, 0.6) is 0 Å². The second-order valence-corrected chi connectivity index (χ2v) is 1.84. The largest absolute Gasteiger partial charge is 0.399 e. The van der Waals surface area contributed by atoms with Gasteiger partial charge in [0.25, 0.3) is 0 Å². The van der Waals surface area contributed by atoms with Gasteiger partial charge < -0.3 is 4.84 Å². The lowest BCUT2D eigenvalue weighted by molar-refractivity contribution is 0.212. The minimum absolute atomic E-state index is 0.942. The first-order chi connectivity index (χ1) is 4.31. The lowest BCUT2D eigenvalue weighted by atomic mass is 10.2. The fraction of sp³-hybridized carbons (Fsp3) is 0.571. The van der Waals surface area contributed by atoms with Gasteiger partial charge in [-0.1, -0.05) is 11.2 Å². The Morgan fingerprint density at radius 1 is 1.78 bits per heavy atom. The molecule has 0 bridgehead atoms. The highest BCUT2D eigenvalue weighted by molar-refractivity contribution is 5.81. The van der Waals surface area contributed by atoms with E-state index in [1.54, 1.807) is 7.11 Å². The summed E-state index contributed by atoms with van der Waals surface area (Å²) in [7, 11) is 1.55. The fourth-order valence-electron chi connectivity index (χ4n) is 0.512. The van der Waals surface area contributed by atoms with Crippen LogP contribution in [-0.4, -0.2) is 12.8 Å². The molecule has 0 spiro atoms. The van der Waals surface area contributed by atoms with Gasteiger partial charge in [-0.05, 0) is 19.8 Å². The number of oxime groups is 1. The summed E-state index contributed by atoms with van der Waals surface area (Å²) in [4.78, 5) is 4.55. The Bertz CT molecular complexity index is 107. The molecule has 0 radical (unpaired) electrons. The average molecular weight is 127 g/mol. The summed E-state index contributed by atoms with van der Waals surface area (Å²) in [5.74, 6) is 0. The minimum Gasteiger partial charge on any atom is -0.399 e. The van der Waals surface area contributed by atoms with Crippen molar-refractivity contribution in [2.45, 2.75) is 19.8 Å². The van der Waals surface area contributed by atoms with Gasteiger partial charge in [0, 0.05) is 0 Å². The Balaban J connectivity index is 3.36. The van der Waals surface area contributed by atoms with Gasteiger partial charge in [0.15, 0.2) is 0 Å².